The number of nitrogens with zero attached hydrogens (tertiary/aromatic N) is 3. The number of amides is 2. The molecule has 110 valence electrons. The van der Waals surface area contributed by atoms with E-state index in [1.165, 1.54) is 0 Å². The molecule has 0 spiro atoms. The summed E-state index contributed by atoms with van der Waals surface area (Å²) >= 11 is 0. The standard InChI is InChI=1S/C13H20N4O3/c1-4-17-9(2)7-10(15-17)11(18)16-5-6-20-13(3,8-16)12(14)19/h7H,4-6,8H2,1-3H3,(H2,14,19)/t13-/m0/s1. The third-order valence-electron chi connectivity index (χ3n) is 3.58. The van der Waals surface area contributed by atoms with Crippen molar-refractivity contribution in [3.63, 3.8) is 0 Å². The summed E-state index contributed by atoms with van der Waals surface area (Å²) in [6, 6.07) is 1.75. The van der Waals surface area contributed by atoms with Gasteiger partial charge < -0.3 is 15.4 Å². The second kappa shape index (κ2) is 5.24. The number of aromatic nitrogens is 2. The van der Waals surface area contributed by atoms with Crippen molar-refractivity contribution in [3.05, 3.63) is 17.5 Å². The molecule has 0 unspecified atom stereocenters. The van der Waals surface area contributed by atoms with Gasteiger partial charge in [0.15, 0.2) is 11.3 Å². The Morgan fingerprint density at radius 2 is 2.25 bits per heavy atom. The summed E-state index contributed by atoms with van der Waals surface area (Å²) in [5.41, 5.74) is 5.52. The van der Waals surface area contributed by atoms with Gasteiger partial charge >= 0.3 is 0 Å². The Bertz CT molecular complexity index is 540. The van der Waals surface area contributed by atoms with Crippen LogP contribution in [0.2, 0.25) is 0 Å². The Balaban J connectivity index is 2.18. The average molecular weight is 280 g/mol. The molecule has 1 atom stereocenters. The van der Waals surface area contributed by atoms with Crippen molar-refractivity contribution < 1.29 is 14.3 Å². The number of hydrogen-bond donors (Lipinski definition) is 1. The third-order valence-corrected chi connectivity index (χ3v) is 3.58. The minimum absolute atomic E-state index is 0.152. The first kappa shape index (κ1) is 14.5. The highest BCUT2D eigenvalue weighted by atomic mass is 16.5. The summed E-state index contributed by atoms with van der Waals surface area (Å²) in [5, 5.41) is 4.26. The first-order chi connectivity index (χ1) is 9.37. The van der Waals surface area contributed by atoms with Crippen LogP contribution in [0, 0.1) is 6.92 Å². The lowest BCUT2D eigenvalue weighted by atomic mass is 10.0. The second-order valence-corrected chi connectivity index (χ2v) is 5.16. The van der Waals surface area contributed by atoms with Crippen LogP contribution < -0.4 is 5.73 Å². The molecule has 1 aromatic rings. The number of carbonyl (C=O) groups excluding carboxylic acids is 2. The predicted octanol–water partition coefficient (Wildman–Crippen LogP) is -0.0722. The van der Waals surface area contributed by atoms with E-state index in [4.69, 9.17) is 10.5 Å². The smallest absolute Gasteiger partial charge is 0.274 e. The Morgan fingerprint density at radius 1 is 1.55 bits per heavy atom. The third kappa shape index (κ3) is 2.53. The number of hydrogen-bond acceptors (Lipinski definition) is 4. The first-order valence-corrected chi connectivity index (χ1v) is 6.65. The Kier molecular flexibility index (Phi) is 3.80. The highest BCUT2D eigenvalue weighted by Gasteiger charge is 2.39. The monoisotopic (exact) mass is 280 g/mol. The lowest BCUT2D eigenvalue weighted by Crippen LogP contribution is -2.58. The van der Waals surface area contributed by atoms with E-state index in [0.29, 0.717) is 25.4 Å². The highest BCUT2D eigenvalue weighted by molar-refractivity contribution is 5.93. The average Bonchev–Trinajstić information content (AvgIpc) is 2.79. The first-order valence-electron chi connectivity index (χ1n) is 6.65. The molecular weight excluding hydrogens is 260 g/mol. The van der Waals surface area contributed by atoms with Crippen molar-refractivity contribution in [2.45, 2.75) is 32.9 Å². The van der Waals surface area contributed by atoms with E-state index in [1.54, 1.807) is 22.6 Å². The molecule has 1 aliphatic rings. The Morgan fingerprint density at radius 3 is 2.80 bits per heavy atom. The van der Waals surface area contributed by atoms with Crippen molar-refractivity contribution in [2.24, 2.45) is 5.73 Å². The Labute approximate surface area is 117 Å². The van der Waals surface area contributed by atoms with Gasteiger partial charge in [-0.1, -0.05) is 0 Å². The van der Waals surface area contributed by atoms with E-state index in [1.807, 2.05) is 13.8 Å². The van der Waals surface area contributed by atoms with Crippen molar-refractivity contribution in [2.75, 3.05) is 19.7 Å². The maximum atomic E-state index is 12.4. The zero-order chi connectivity index (χ0) is 14.9. The van der Waals surface area contributed by atoms with Crippen molar-refractivity contribution >= 4 is 11.8 Å². The largest absolute Gasteiger partial charge is 0.367 e. The number of nitrogens with two attached hydrogens (primary N) is 1. The molecule has 2 heterocycles. The molecule has 20 heavy (non-hydrogen) atoms. The van der Waals surface area contributed by atoms with Gasteiger partial charge in [-0.3, -0.25) is 14.3 Å². The van der Waals surface area contributed by atoms with E-state index in [0.717, 1.165) is 5.69 Å². The maximum absolute atomic E-state index is 12.4. The fourth-order valence-electron chi connectivity index (χ4n) is 2.29. The summed E-state index contributed by atoms with van der Waals surface area (Å²) in [5.74, 6) is -0.763. The number of morpholine rings is 1. The van der Waals surface area contributed by atoms with Crippen LogP contribution in [0.25, 0.3) is 0 Å². The van der Waals surface area contributed by atoms with E-state index < -0.39 is 11.5 Å². The van der Waals surface area contributed by atoms with Crippen LogP contribution in [-0.2, 0) is 16.1 Å². The Hall–Kier alpha value is -1.89. The van der Waals surface area contributed by atoms with Gasteiger partial charge in [-0.25, -0.2) is 0 Å². The molecule has 7 nitrogen and oxygen atoms in total. The number of aryl methyl sites for hydroxylation is 2. The zero-order valence-corrected chi connectivity index (χ0v) is 12.0. The molecule has 2 N–H and O–H groups in total. The van der Waals surface area contributed by atoms with Crippen LogP contribution in [-0.4, -0.2) is 51.8 Å². The van der Waals surface area contributed by atoms with E-state index in [-0.39, 0.29) is 12.5 Å². The van der Waals surface area contributed by atoms with Crippen LogP contribution in [0.1, 0.15) is 30.0 Å². The molecule has 1 aliphatic heterocycles. The topological polar surface area (TPSA) is 90.4 Å². The molecule has 2 rings (SSSR count). The number of primary amides is 1. The summed E-state index contributed by atoms with van der Waals surface area (Å²) in [4.78, 5) is 25.4. The maximum Gasteiger partial charge on any atom is 0.274 e. The molecule has 1 aromatic heterocycles. The molecule has 1 saturated heterocycles. The van der Waals surface area contributed by atoms with Gasteiger partial charge in [-0.2, -0.15) is 5.10 Å². The SMILES string of the molecule is CCn1nc(C(=O)N2CCO[C@](C)(C(N)=O)C2)cc1C. The molecule has 7 heteroatoms. The molecule has 0 aliphatic carbocycles. The fourth-order valence-corrected chi connectivity index (χ4v) is 2.29. The fraction of sp³-hybridized carbons (Fsp3) is 0.615. The normalized spacial score (nSPS) is 22.9. The van der Waals surface area contributed by atoms with Gasteiger partial charge in [0.25, 0.3) is 11.8 Å². The van der Waals surface area contributed by atoms with Crippen LogP contribution in [0.15, 0.2) is 6.07 Å². The van der Waals surface area contributed by atoms with Gasteiger partial charge in [0.1, 0.15) is 0 Å². The van der Waals surface area contributed by atoms with Crippen molar-refractivity contribution in [1.82, 2.24) is 14.7 Å². The summed E-state index contributed by atoms with van der Waals surface area (Å²) in [6.07, 6.45) is 0. The molecule has 0 bridgehead atoms. The van der Waals surface area contributed by atoms with E-state index in [9.17, 15) is 9.59 Å². The van der Waals surface area contributed by atoms with Crippen LogP contribution in [0.5, 0.6) is 0 Å². The van der Waals surface area contributed by atoms with Crippen LogP contribution >= 0.6 is 0 Å². The van der Waals surface area contributed by atoms with Gasteiger partial charge in [0, 0.05) is 18.8 Å². The van der Waals surface area contributed by atoms with Crippen molar-refractivity contribution in [1.29, 1.82) is 0 Å². The van der Waals surface area contributed by atoms with Crippen LogP contribution in [0.3, 0.4) is 0 Å². The van der Waals surface area contributed by atoms with Gasteiger partial charge in [0.2, 0.25) is 0 Å². The van der Waals surface area contributed by atoms with E-state index in [2.05, 4.69) is 5.10 Å². The quantitative estimate of drug-likeness (QED) is 0.839. The predicted molar refractivity (Wildman–Crippen MR) is 72.1 cm³/mol. The van der Waals surface area contributed by atoms with Gasteiger partial charge in [-0.15, -0.1) is 0 Å². The number of rotatable bonds is 3. The zero-order valence-electron chi connectivity index (χ0n) is 12.0. The molecule has 0 aromatic carbocycles. The molecule has 1 fully saturated rings. The molecule has 0 radical (unpaired) electrons. The van der Waals surface area contributed by atoms with E-state index >= 15 is 0 Å². The molecular formula is C13H20N4O3. The number of ether oxygens (including phenoxy) is 1. The van der Waals surface area contributed by atoms with Crippen molar-refractivity contribution in [3.8, 4) is 0 Å². The lowest BCUT2D eigenvalue weighted by Gasteiger charge is -2.37. The minimum atomic E-state index is -1.13. The molecule has 2 amide bonds. The molecule has 0 saturated carbocycles. The number of carbonyl (C=O) groups is 2. The summed E-state index contributed by atoms with van der Waals surface area (Å²) < 4.78 is 7.16. The van der Waals surface area contributed by atoms with Gasteiger partial charge in [0.05, 0.1) is 13.2 Å². The van der Waals surface area contributed by atoms with Gasteiger partial charge in [-0.05, 0) is 26.8 Å². The summed E-state index contributed by atoms with van der Waals surface area (Å²) in [7, 11) is 0. The summed E-state index contributed by atoms with van der Waals surface area (Å²) in [6.45, 7) is 7.05. The minimum Gasteiger partial charge on any atom is -0.367 e. The second-order valence-electron chi connectivity index (χ2n) is 5.16. The highest BCUT2D eigenvalue weighted by Crippen LogP contribution is 2.19. The van der Waals surface area contributed by atoms with Crippen LogP contribution in [0.4, 0.5) is 0 Å². The lowest BCUT2D eigenvalue weighted by molar-refractivity contribution is -0.150.